The summed E-state index contributed by atoms with van der Waals surface area (Å²) in [5, 5.41) is 3.29. The third-order valence-electron chi connectivity index (χ3n) is 5.26. The number of nitrogens with two attached hydrogens (primary N) is 1. The summed E-state index contributed by atoms with van der Waals surface area (Å²) in [6.07, 6.45) is 12.2. The van der Waals surface area contributed by atoms with Crippen LogP contribution in [-0.4, -0.2) is 38.3 Å². The van der Waals surface area contributed by atoms with Crippen molar-refractivity contribution in [2.45, 2.75) is 19.3 Å². The van der Waals surface area contributed by atoms with Crippen LogP contribution >= 0.6 is 0 Å². The first-order chi connectivity index (χ1) is 14.7. The van der Waals surface area contributed by atoms with Crippen LogP contribution in [0.2, 0.25) is 0 Å². The molecule has 4 aromatic heterocycles. The minimum absolute atomic E-state index is 0.0975. The van der Waals surface area contributed by atoms with Crippen molar-refractivity contribution in [2.24, 2.45) is 5.73 Å². The Morgan fingerprint density at radius 1 is 1.10 bits per heavy atom. The lowest BCUT2D eigenvalue weighted by Crippen LogP contribution is -2.29. The summed E-state index contributed by atoms with van der Waals surface area (Å²) < 4.78 is 7.10. The number of carbonyl (C=O) groups excluding carboxylic acids is 1. The van der Waals surface area contributed by atoms with Gasteiger partial charge in [0.15, 0.2) is 17.2 Å². The molecule has 1 saturated heterocycles. The molecule has 1 aliphatic heterocycles. The maximum atomic E-state index is 11.3. The third-order valence-corrected chi connectivity index (χ3v) is 5.26. The molecular weight excluding hydrogens is 382 g/mol. The van der Waals surface area contributed by atoms with Crippen molar-refractivity contribution in [2.75, 3.05) is 23.3 Å². The number of hydrogen-bond donors (Lipinski definition) is 2. The van der Waals surface area contributed by atoms with Gasteiger partial charge in [-0.2, -0.15) is 0 Å². The molecule has 0 unspecified atom stereocenters. The Balaban J connectivity index is 1.41. The van der Waals surface area contributed by atoms with Crippen LogP contribution in [0.25, 0.3) is 16.9 Å². The molecule has 9 heteroatoms. The second kappa shape index (κ2) is 7.51. The molecule has 3 N–H and O–H groups in total. The number of pyridine rings is 1. The monoisotopic (exact) mass is 403 g/mol. The number of nitrogens with zero attached hydrogens (tertiary/aromatic N) is 5. The number of amides is 1. The third kappa shape index (κ3) is 3.34. The molecule has 0 bridgehead atoms. The number of carbonyl (C=O) groups is 1. The van der Waals surface area contributed by atoms with Crippen LogP contribution in [0.4, 0.5) is 17.3 Å². The molecule has 5 heterocycles. The maximum Gasteiger partial charge on any atom is 0.284 e. The zero-order valence-electron chi connectivity index (χ0n) is 16.3. The van der Waals surface area contributed by atoms with E-state index in [-0.39, 0.29) is 5.76 Å². The SMILES string of the molecule is NC(=O)c1cc(-c2cnc(Nc3ccc(N4CCCCC4)nc3)c3nccn23)co1. The molecule has 1 amide bonds. The van der Waals surface area contributed by atoms with Gasteiger partial charge in [-0.3, -0.25) is 9.20 Å². The number of furan rings is 1. The van der Waals surface area contributed by atoms with Gasteiger partial charge in [0.05, 0.1) is 23.8 Å². The molecule has 5 rings (SSSR count). The van der Waals surface area contributed by atoms with Gasteiger partial charge in [0.1, 0.15) is 12.1 Å². The first-order valence-electron chi connectivity index (χ1n) is 9.88. The zero-order chi connectivity index (χ0) is 20.5. The quantitative estimate of drug-likeness (QED) is 0.526. The van der Waals surface area contributed by atoms with Crippen LogP contribution in [0.5, 0.6) is 0 Å². The largest absolute Gasteiger partial charge is 0.458 e. The Hall–Kier alpha value is -3.88. The minimum Gasteiger partial charge on any atom is -0.458 e. The van der Waals surface area contributed by atoms with E-state index in [1.165, 1.54) is 25.5 Å². The van der Waals surface area contributed by atoms with Crippen LogP contribution in [0.15, 0.2) is 53.7 Å². The average Bonchev–Trinajstić information content (AvgIpc) is 3.46. The van der Waals surface area contributed by atoms with Crippen molar-refractivity contribution < 1.29 is 9.21 Å². The number of fused-ring (bicyclic) bond motifs is 1. The first kappa shape index (κ1) is 18.2. The van der Waals surface area contributed by atoms with Gasteiger partial charge in [-0.15, -0.1) is 0 Å². The summed E-state index contributed by atoms with van der Waals surface area (Å²) in [5.74, 6) is 1.09. The molecule has 1 fully saturated rings. The molecule has 4 aromatic rings. The van der Waals surface area contributed by atoms with E-state index >= 15 is 0 Å². The lowest BCUT2D eigenvalue weighted by Gasteiger charge is -2.27. The number of piperidine rings is 1. The lowest BCUT2D eigenvalue weighted by molar-refractivity contribution is 0.0974. The number of hydrogen-bond acceptors (Lipinski definition) is 7. The number of aromatic nitrogens is 4. The van der Waals surface area contributed by atoms with Gasteiger partial charge in [0.2, 0.25) is 0 Å². The van der Waals surface area contributed by atoms with E-state index in [0.717, 1.165) is 30.3 Å². The first-order valence-corrected chi connectivity index (χ1v) is 9.88. The van der Waals surface area contributed by atoms with Crippen LogP contribution < -0.4 is 16.0 Å². The molecule has 0 atom stereocenters. The number of imidazole rings is 1. The predicted octanol–water partition coefficient (Wildman–Crippen LogP) is 3.22. The molecule has 0 aliphatic carbocycles. The normalized spacial score (nSPS) is 14.2. The Bertz CT molecular complexity index is 1190. The maximum absolute atomic E-state index is 11.3. The van der Waals surface area contributed by atoms with E-state index in [0.29, 0.717) is 17.0 Å². The summed E-state index contributed by atoms with van der Waals surface area (Å²) in [5.41, 5.74) is 8.19. The smallest absolute Gasteiger partial charge is 0.284 e. The number of primary amides is 1. The zero-order valence-corrected chi connectivity index (χ0v) is 16.3. The van der Waals surface area contributed by atoms with E-state index in [1.54, 1.807) is 18.5 Å². The molecule has 152 valence electrons. The van der Waals surface area contributed by atoms with Crippen LogP contribution in [0, 0.1) is 0 Å². The van der Waals surface area contributed by atoms with Gasteiger partial charge >= 0.3 is 0 Å². The molecule has 9 nitrogen and oxygen atoms in total. The highest BCUT2D eigenvalue weighted by Crippen LogP contribution is 2.27. The van der Waals surface area contributed by atoms with Crippen molar-refractivity contribution in [3.63, 3.8) is 0 Å². The van der Waals surface area contributed by atoms with E-state index in [9.17, 15) is 4.79 Å². The van der Waals surface area contributed by atoms with Gasteiger partial charge < -0.3 is 20.4 Å². The Labute approximate surface area is 172 Å². The summed E-state index contributed by atoms with van der Waals surface area (Å²) in [7, 11) is 0. The second-order valence-corrected chi connectivity index (χ2v) is 7.25. The molecule has 1 aliphatic rings. The predicted molar refractivity (Wildman–Crippen MR) is 113 cm³/mol. The van der Waals surface area contributed by atoms with Crippen molar-refractivity contribution >= 4 is 28.9 Å². The number of rotatable bonds is 5. The van der Waals surface area contributed by atoms with E-state index in [4.69, 9.17) is 10.2 Å². The highest BCUT2D eigenvalue weighted by atomic mass is 16.3. The summed E-state index contributed by atoms with van der Waals surface area (Å²) >= 11 is 0. The van der Waals surface area contributed by atoms with Crippen LogP contribution in [0.3, 0.4) is 0 Å². The Morgan fingerprint density at radius 3 is 2.70 bits per heavy atom. The number of anilines is 3. The summed E-state index contributed by atoms with van der Waals surface area (Å²) in [6.45, 7) is 2.12. The highest BCUT2D eigenvalue weighted by Gasteiger charge is 2.15. The molecule has 0 saturated carbocycles. The van der Waals surface area contributed by atoms with Gasteiger partial charge in [0.25, 0.3) is 5.91 Å². The molecule has 0 aromatic carbocycles. The summed E-state index contributed by atoms with van der Waals surface area (Å²) in [6, 6.07) is 5.62. The van der Waals surface area contributed by atoms with Crippen molar-refractivity contribution in [3.05, 3.63) is 55.0 Å². The number of nitrogens with one attached hydrogen (secondary N) is 1. The van der Waals surface area contributed by atoms with E-state index in [2.05, 4.69) is 25.2 Å². The van der Waals surface area contributed by atoms with Gasteiger partial charge in [0, 0.05) is 31.0 Å². The fourth-order valence-electron chi connectivity index (χ4n) is 3.73. The van der Waals surface area contributed by atoms with Crippen LogP contribution in [-0.2, 0) is 0 Å². The van der Waals surface area contributed by atoms with Crippen molar-refractivity contribution in [3.8, 4) is 11.3 Å². The van der Waals surface area contributed by atoms with E-state index in [1.807, 2.05) is 28.9 Å². The molecule has 0 spiro atoms. The topological polar surface area (TPSA) is 115 Å². The fourth-order valence-corrected chi connectivity index (χ4v) is 3.73. The standard InChI is InChI=1S/C21H21N7O2/c22-19(29)17-10-14(13-30-17)16-12-25-20(21-23-6-9-28(16)21)26-15-4-5-18(24-11-15)27-7-2-1-3-8-27/h4-6,9-13H,1-3,7-8H2,(H2,22,29)(H,25,26). The van der Waals surface area contributed by atoms with Crippen molar-refractivity contribution in [1.29, 1.82) is 0 Å². The molecular formula is C21H21N7O2. The van der Waals surface area contributed by atoms with Gasteiger partial charge in [-0.1, -0.05) is 0 Å². The minimum atomic E-state index is -0.616. The fraction of sp³-hybridized carbons (Fsp3) is 0.238. The second-order valence-electron chi connectivity index (χ2n) is 7.25. The van der Waals surface area contributed by atoms with Crippen LogP contribution in [0.1, 0.15) is 29.8 Å². The van der Waals surface area contributed by atoms with Crippen molar-refractivity contribution in [1.82, 2.24) is 19.4 Å². The lowest BCUT2D eigenvalue weighted by atomic mass is 10.1. The molecule has 30 heavy (non-hydrogen) atoms. The van der Waals surface area contributed by atoms with E-state index < -0.39 is 5.91 Å². The Morgan fingerprint density at radius 2 is 1.97 bits per heavy atom. The van der Waals surface area contributed by atoms with Gasteiger partial charge in [-0.05, 0) is 37.5 Å². The average molecular weight is 403 g/mol. The van der Waals surface area contributed by atoms with Gasteiger partial charge in [-0.25, -0.2) is 15.0 Å². The molecule has 0 radical (unpaired) electrons. The summed E-state index contributed by atoms with van der Waals surface area (Å²) in [4.78, 5) is 27.2. The Kier molecular flexibility index (Phi) is 4.55. The highest BCUT2D eigenvalue weighted by molar-refractivity contribution is 5.91.